The standard InChI is InChI=1S/C24H21ClF2N4O4/c1-14-21(23(34)30-24(12-32,13-33)20-8-7-15(25)10-28-20)31-9-3-6-19(22(31)29-14)35-11-16-17(26)4-2-5-18(16)27/h2-10,32-33H,11-13H2,1H3,(H,30,34). The number of hydrogen-bond donors (Lipinski definition) is 3. The number of aromatic nitrogens is 3. The van der Waals surface area contributed by atoms with Crippen molar-refractivity contribution in [1.82, 2.24) is 19.7 Å². The van der Waals surface area contributed by atoms with E-state index in [2.05, 4.69) is 15.3 Å². The fourth-order valence-electron chi connectivity index (χ4n) is 3.65. The molecule has 11 heteroatoms. The number of fused-ring (bicyclic) bond motifs is 1. The molecule has 8 nitrogen and oxygen atoms in total. The van der Waals surface area contributed by atoms with Gasteiger partial charge in [0, 0.05) is 12.4 Å². The number of aryl methyl sites for hydroxylation is 1. The van der Waals surface area contributed by atoms with Gasteiger partial charge in [-0.1, -0.05) is 17.7 Å². The number of aliphatic hydroxyl groups is 2. The lowest BCUT2D eigenvalue weighted by molar-refractivity contribution is 0.0638. The Bertz CT molecular complexity index is 1350. The lowest BCUT2D eigenvalue weighted by Crippen LogP contribution is -2.52. The van der Waals surface area contributed by atoms with Crippen molar-refractivity contribution in [2.24, 2.45) is 0 Å². The van der Waals surface area contributed by atoms with E-state index in [1.165, 1.54) is 28.8 Å². The minimum Gasteiger partial charge on any atom is -0.485 e. The highest BCUT2D eigenvalue weighted by atomic mass is 35.5. The van der Waals surface area contributed by atoms with Gasteiger partial charge in [0.05, 0.1) is 35.2 Å². The van der Waals surface area contributed by atoms with Crippen LogP contribution in [0.5, 0.6) is 5.75 Å². The number of benzene rings is 1. The van der Waals surface area contributed by atoms with E-state index in [1.807, 2.05) is 0 Å². The Kier molecular flexibility index (Phi) is 6.97. The van der Waals surface area contributed by atoms with Gasteiger partial charge in [-0.15, -0.1) is 0 Å². The van der Waals surface area contributed by atoms with Gasteiger partial charge in [0.1, 0.15) is 29.5 Å². The first kappa shape index (κ1) is 24.5. The summed E-state index contributed by atoms with van der Waals surface area (Å²) in [5.74, 6) is -1.92. The van der Waals surface area contributed by atoms with Crippen molar-refractivity contribution in [3.8, 4) is 5.75 Å². The number of hydrogen-bond acceptors (Lipinski definition) is 6. The van der Waals surface area contributed by atoms with E-state index in [9.17, 15) is 23.8 Å². The second-order valence-corrected chi connectivity index (χ2v) is 8.25. The van der Waals surface area contributed by atoms with Crippen molar-refractivity contribution in [3.05, 3.63) is 94.2 Å². The number of nitrogens with one attached hydrogen (secondary N) is 1. The summed E-state index contributed by atoms with van der Waals surface area (Å²) in [6.07, 6.45) is 2.91. The monoisotopic (exact) mass is 502 g/mol. The molecule has 1 amide bonds. The maximum atomic E-state index is 14.0. The molecule has 0 aliphatic carbocycles. The minimum atomic E-state index is -1.59. The van der Waals surface area contributed by atoms with Crippen LogP contribution in [0.2, 0.25) is 5.02 Å². The highest BCUT2D eigenvalue weighted by Gasteiger charge is 2.36. The summed E-state index contributed by atoms with van der Waals surface area (Å²) >= 11 is 5.88. The molecule has 4 aromatic rings. The summed E-state index contributed by atoms with van der Waals surface area (Å²) in [6.45, 7) is -0.0568. The largest absolute Gasteiger partial charge is 0.485 e. The topological polar surface area (TPSA) is 109 Å². The maximum Gasteiger partial charge on any atom is 0.271 e. The van der Waals surface area contributed by atoms with Crippen LogP contribution >= 0.6 is 11.6 Å². The summed E-state index contributed by atoms with van der Waals surface area (Å²) in [4.78, 5) is 21.8. The summed E-state index contributed by atoms with van der Waals surface area (Å²) in [5, 5.41) is 23.1. The first-order valence-electron chi connectivity index (χ1n) is 10.5. The Morgan fingerprint density at radius 3 is 2.49 bits per heavy atom. The third-order valence-corrected chi connectivity index (χ3v) is 5.77. The normalized spacial score (nSPS) is 11.6. The lowest BCUT2D eigenvalue weighted by atomic mass is 9.96. The van der Waals surface area contributed by atoms with Crippen LogP contribution in [0.3, 0.4) is 0 Å². The molecule has 0 aliphatic rings. The van der Waals surface area contributed by atoms with Gasteiger partial charge in [-0.2, -0.15) is 0 Å². The Morgan fingerprint density at radius 2 is 1.86 bits per heavy atom. The molecular formula is C24H21ClF2N4O4. The average Bonchev–Trinajstić information content (AvgIpc) is 3.19. The van der Waals surface area contributed by atoms with Gasteiger partial charge >= 0.3 is 0 Å². The Hall–Kier alpha value is -3.60. The highest BCUT2D eigenvalue weighted by Crippen LogP contribution is 2.26. The second kappa shape index (κ2) is 9.95. The summed E-state index contributed by atoms with van der Waals surface area (Å²) in [5.41, 5.74) is -0.929. The third-order valence-electron chi connectivity index (χ3n) is 5.55. The van der Waals surface area contributed by atoms with E-state index >= 15 is 0 Å². The van der Waals surface area contributed by atoms with Crippen molar-refractivity contribution in [3.63, 3.8) is 0 Å². The van der Waals surface area contributed by atoms with E-state index < -0.39 is 36.3 Å². The van der Waals surface area contributed by atoms with Crippen LogP contribution in [0.1, 0.15) is 27.4 Å². The van der Waals surface area contributed by atoms with Gasteiger partial charge in [0.2, 0.25) is 0 Å². The number of amides is 1. The van der Waals surface area contributed by atoms with Crippen molar-refractivity contribution < 1.29 is 28.5 Å². The molecule has 3 aromatic heterocycles. The lowest BCUT2D eigenvalue weighted by Gasteiger charge is -2.30. The number of rotatable bonds is 8. The van der Waals surface area contributed by atoms with Gasteiger partial charge in [0.15, 0.2) is 11.4 Å². The number of imidazole rings is 1. The number of carbonyl (C=O) groups is 1. The van der Waals surface area contributed by atoms with Crippen molar-refractivity contribution in [2.75, 3.05) is 13.2 Å². The quantitative estimate of drug-likeness (QED) is 0.341. The Labute approximate surface area is 203 Å². The molecule has 0 bridgehead atoms. The number of carbonyl (C=O) groups excluding carboxylic acids is 1. The minimum absolute atomic E-state index is 0.114. The fourth-order valence-corrected chi connectivity index (χ4v) is 3.76. The molecular weight excluding hydrogens is 482 g/mol. The molecule has 4 rings (SSSR count). The molecule has 1 aromatic carbocycles. The highest BCUT2D eigenvalue weighted by molar-refractivity contribution is 6.30. The zero-order valence-electron chi connectivity index (χ0n) is 18.5. The molecule has 0 saturated heterocycles. The van der Waals surface area contributed by atoms with Crippen LogP contribution in [-0.4, -0.2) is 43.7 Å². The molecule has 0 saturated carbocycles. The Balaban J connectivity index is 1.66. The summed E-state index contributed by atoms with van der Waals surface area (Å²) < 4.78 is 35.1. The van der Waals surface area contributed by atoms with E-state index in [1.54, 1.807) is 25.3 Å². The number of halogens is 3. The van der Waals surface area contributed by atoms with E-state index in [4.69, 9.17) is 16.3 Å². The molecule has 0 unspecified atom stereocenters. The second-order valence-electron chi connectivity index (χ2n) is 7.81. The SMILES string of the molecule is Cc1nc2c(OCc3c(F)cccc3F)cccn2c1C(=O)NC(CO)(CO)c1ccc(Cl)cn1. The molecule has 3 N–H and O–H groups in total. The molecule has 0 spiro atoms. The van der Waals surface area contributed by atoms with E-state index in [0.717, 1.165) is 12.1 Å². The predicted octanol–water partition coefficient (Wildman–Crippen LogP) is 3.16. The smallest absolute Gasteiger partial charge is 0.271 e. The van der Waals surface area contributed by atoms with Gasteiger partial charge in [-0.3, -0.25) is 14.2 Å². The van der Waals surface area contributed by atoms with Crippen LogP contribution in [0.15, 0.2) is 54.9 Å². The molecule has 35 heavy (non-hydrogen) atoms. The molecule has 0 fully saturated rings. The predicted molar refractivity (Wildman–Crippen MR) is 123 cm³/mol. The maximum absolute atomic E-state index is 14.0. The van der Waals surface area contributed by atoms with Crippen LogP contribution in [0, 0.1) is 18.6 Å². The zero-order valence-corrected chi connectivity index (χ0v) is 19.3. The zero-order chi connectivity index (χ0) is 25.2. The van der Waals surface area contributed by atoms with Crippen LogP contribution in [0.4, 0.5) is 8.78 Å². The van der Waals surface area contributed by atoms with Crippen LogP contribution < -0.4 is 10.1 Å². The number of nitrogens with zero attached hydrogens (tertiary/aromatic N) is 3. The van der Waals surface area contributed by atoms with Crippen molar-refractivity contribution >= 4 is 23.2 Å². The van der Waals surface area contributed by atoms with Gasteiger partial charge in [0.25, 0.3) is 5.91 Å². The van der Waals surface area contributed by atoms with Crippen LogP contribution in [-0.2, 0) is 12.1 Å². The molecule has 0 aliphatic heterocycles. The van der Waals surface area contributed by atoms with E-state index in [-0.39, 0.29) is 35.0 Å². The van der Waals surface area contributed by atoms with Gasteiger partial charge in [-0.05, 0) is 43.3 Å². The summed E-state index contributed by atoms with van der Waals surface area (Å²) in [7, 11) is 0. The molecule has 0 radical (unpaired) electrons. The van der Waals surface area contributed by atoms with E-state index in [0.29, 0.717) is 10.7 Å². The fraction of sp³-hybridized carbons (Fsp3) is 0.208. The van der Waals surface area contributed by atoms with Gasteiger partial charge in [-0.25, -0.2) is 13.8 Å². The number of ether oxygens (including phenoxy) is 1. The van der Waals surface area contributed by atoms with Crippen molar-refractivity contribution in [1.29, 1.82) is 0 Å². The molecule has 182 valence electrons. The Morgan fingerprint density at radius 1 is 1.14 bits per heavy atom. The van der Waals surface area contributed by atoms with Crippen molar-refractivity contribution in [2.45, 2.75) is 19.1 Å². The first-order chi connectivity index (χ1) is 16.8. The number of pyridine rings is 2. The number of aliphatic hydroxyl groups excluding tert-OH is 2. The average molecular weight is 503 g/mol. The summed E-state index contributed by atoms with van der Waals surface area (Å²) in [6, 6.07) is 9.69. The molecule has 3 heterocycles. The van der Waals surface area contributed by atoms with Crippen LogP contribution in [0.25, 0.3) is 5.65 Å². The third kappa shape index (κ3) is 4.68. The van der Waals surface area contributed by atoms with Gasteiger partial charge < -0.3 is 20.3 Å². The first-order valence-corrected chi connectivity index (χ1v) is 10.9. The molecule has 0 atom stereocenters.